The van der Waals surface area contributed by atoms with Gasteiger partial charge in [-0.3, -0.25) is 9.69 Å². The number of aryl methyl sites for hydroxylation is 1. The van der Waals surface area contributed by atoms with Gasteiger partial charge in [-0.1, -0.05) is 6.07 Å². The van der Waals surface area contributed by atoms with Crippen LogP contribution in [0.15, 0.2) is 48.2 Å². The quantitative estimate of drug-likeness (QED) is 0.675. The standard InChI is InChI=1S/C19H18N2O3S/c1-12-10-13(4-9-17(12)24-3)11-16-18(22)21(19(25)20-16)14-5-7-15(23-2)8-6-14/h4-11H,1-3H3,(H,20,25). The number of amides is 1. The fraction of sp³-hybridized carbons (Fsp3) is 0.158. The lowest BCUT2D eigenvalue weighted by Crippen LogP contribution is -2.30. The summed E-state index contributed by atoms with van der Waals surface area (Å²) in [6.07, 6.45) is 1.78. The Labute approximate surface area is 151 Å². The van der Waals surface area contributed by atoms with Crippen molar-refractivity contribution in [1.82, 2.24) is 5.32 Å². The first-order valence-electron chi connectivity index (χ1n) is 7.69. The van der Waals surface area contributed by atoms with Crippen molar-refractivity contribution < 1.29 is 14.3 Å². The molecule has 25 heavy (non-hydrogen) atoms. The van der Waals surface area contributed by atoms with E-state index in [0.717, 1.165) is 22.6 Å². The van der Waals surface area contributed by atoms with E-state index in [4.69, 9.17) is 21.7 Å². The summed E-state index contributed by atoms with van der Waals surface area (Å²) in [4.78, 5) is 14.2. The Kier molecular flexibility index (Phi) is 4.72. The lowest BCUT2D eigenvalue weighted by Gasteiger charge is -2.14. The summed E-state index contributed by atoms with van der Waals surface area (Å²) in [6.45, 7) is 1.96. The highest BCUT2D eigenvalue weighted by Gasteiger charge is 2.31. The van der Waals surface area contributed by atoms with Crippen molar-refractivity contribution in [3.8, 4) is 11.5 Å². The zero-order valence-corrected chi connectivity index (χ0v) is 15.0. The van der Waals surface area contributed by atoms with E-state index in [1.807, 2.05) is 25.1 Å². The number of thiocarbonyl (C=S) groups is 1. The number of hydrogen-bond acceptors (Lipinski definition) is 4. The van der Waals surface area contributed by atoms with E-state index in [0.29, 0.717) is 16.5 Å². The normalized spacial score (nSPS) is 15.5. The molecule has 128 valence electrons. The van der Waals surface area contributed by atoms with Crippen LogP contribution in [0.2, 0.25) is 0 Å². The van der Waals surface area contributed by atoms with Gasteiger partial charge in [-0.15, -0.1) is 0 Å². The predicted molar refractivity (Wildman–Crippen MR) is 102 cm³/mol. The molecule has 3 rings (SSSR count). The summed E-state index contributed by atoms with van der Waals surface area (Å²) in [5, 5.41) is 3.34. The van der Waals surface area contributed by atoms with E-state index in [2.05, 4.69) is 5.32 Å². The molecule has 2 aromatic carbocycles. The van der Waals surface area contributed by atoms with Gasteiger partial charge in [-0.25, -0.2) is 0 Å². The molecule has 0 bridgehead atoms. The van der Waals surface area contributed by atoms with Crippen molar-refractivity contribution in [3.05, 3.63) is 59.3 Å². The SMILES string of the molecule is COc1ccc(N2C(=O)C(=Cc3ccc(OC)c(C)c3)NC2=S)cc1. The van der Waals surface area contributed by atoms with Gasteiger partial charge in [0.05, 0.1) is 19.9 Å². The third-order valence-corrected chi connectivity index (χ3v) is 4.22. The summed E-state index contributed by atoms with van der Waals surface area (Å²) in [5.74, 6) is 1.34. The van der Waals surface area contributed by atoms with E-state index in [9.17, 15) is 4.79 Å². The monoisotopic (exact) mass is 354 g/mol. The number of nitrogens with zero attached hydrogens (tertiary/aromatic N) is 1. The van der Waals surface area contributed by atoms with E-state index in [1.165, 1.54) is 4.90 Å². The molecule has 1 saturated heterocycles. The number of benzene rings is 2. The minimum Gasteiger partial charge on any atom is -0.497 e. The topological polar surface area (TPSA) is 50.8 Å². The number of ether oxygens (including phenoxy) is 2. The molecule has 6 heteroatoms. The Morgan fingerprint density at radius 1 is 1.08 bits per heavy atom. The van der Waals surface area contributed by atoms with Gasteiger partial charge < -0.3 is 14.8 Å². The van der Waals surface area contributed by atoms with Crippen molar-refractivity contribution in [2.75, 3.05) is 19.1 Å². The van der Waals surface area contributed by atoms with Crippen LogP contribution >= 0.6 is 12.2 Å². The average Bonchev–Trinajstić information content (AvgIpc) is 2.89. The van der Waals surface area contributed by atoms with Gasteiger partial charge in [0.15, 0.2) is 5.11 Å². The van der Waals surface area contributed by atoms with Crippen LogP contribution < -0.4 is 19.7 Å². The highest BCUT2D eigenvalue weighted by molar-refractivity contribution is 7.80. The molecule has 0 atom stereocenters. The minimum absolute atomic E-state index is 0.191. The van der Waals surface area contributed by atoms with Crippen molar-refractivity contribution in [3.63, 3.8) is 0 Å². The Hall–Kier alpha value is -2.86. The van der Waals surface area contributed by atoms with Crippen molar-refractivity contribution in [2.45, 2.75) is 6.92 Å². The molecule has 0 aromatic heterocycles. The van der Waals surface area contributed by atoms with Gasteiger partial charge in [-0.05, 0) is 72.7 Å². The molecule has 0 radical (unpaired) electrons. The second-order valence-corrected chi connectivity index (χ2v) is 5.94. The fourth-order valence-corrected chi connectivity index (χ4v) is 2.96. The van der Waals surface area contributed by atoms with Gasteiger partial charge in [-0.2, -0.15) is 0 Å². The van der Waals surface area contributed by atoms with Crippen LogP contribution in [-0.2, 0) is 4.79 Å². The number of methoxy groups -OCH3 is 2. The van der Waals surface area contributed by atoms with Crippen LogP contribution in [0.4, 0.5) is 5.69 Å². The molecule has 5 nitrogen and oxygen atoms in total. The molecule has 0 unspecified atom stereocenters. The van der Waals surface area contributed by atoms with Gasteiger partial charge in [0.25, 0.3) is 5.91 Å². The molecule has 1 N–H and O–H groups in total. The van der Waals surface area contributed by atoms with Gasteiger partial charge in [0.2, 0.25) is 0 Å². The van der Waals surface area contributed by atoms with Crippen molar-refractivity contribution in [2.24, 2.45) is 0 Å². The van der Waals surface area contributed by atoms with Crippen LogP contribution in [0.3, 0.4) is 0 Å². The zero-order chi connectivity index (χ0) is 18.0. The van der Waals surface area contributed by atoms with E-state index in [-0.39, 0.29) is 5.91 Å². The molecule has 1 heterocycles. The molecular weight excluding hydrogens is 336 g/mol. The molecule has 0 aliphatic carbocycles. The van der Waals surface area contributed by atoms with Crippen LogP contribution in [0.5, 0.6) is 11.5 Å². The summed E-state index contributed by atoms with van der Waals surface area (Å²) in [6, 6.07) is 12.9. The second kappa shape index (κ2) is 6.94. The van der Waals surface area contributed by atoms with Crippen molar-refractivity contribution in [1.29, 1.82) is 0 Å². The lowest BCUT2D eigenvalue weighted by molar-refractivity contribution is -0.113. The molecule has 1 aliphatic heterocycles. The first-order chi connectivity index (χ1) is 12.0. The first-order valence-corrected chi connectivity index (χ1v) is 8.10. The molecular formula is C19H18N2O3S. The summed E-state index contributed by atoms with van der Waals surface area (Å²) >= 11 is 5.32. The summed E-state index contributed by atoms with van der Waals surface area (Å²) < 4.78 is 10.4. The highest BCUT2D eigenvalue weighted by Crippen LogP contribution is 2.25. The third kappa shape index (κ3) is 3.34. The number of rotatable bonds is 4. The van der Waals surface area contributed by atoms with Crippen LogP contribution in [0.25, 0.3) is 6.08 Å². The third-order valence-electron chi connectivity index (χ3n) is 3.94. The molecule has 1 aliphatic rings. The van der Waals surface area contributed by atoms with Gasteiger partial charge in [0, 0.05) is 0 Å². The molecule has 1 amide bonds. The molecule has 0 saturated carbocycles. The largest absolute Gasteiger partial charge is 0.497 e. The Balaban J connectivity index is 1.88. The minimum atomic E-state index is -0.191. The maximum absolute atomic E-state index is 12.7. The highest BCUT2D eigenvalue weighted by atomic mass is 32.1. The number of anilines is 1. The Morgan fingerprint density at radius 2 is 1.80 bits per heavy atom. The summed E-state index contributed by atoms with van der Waals surface area (Å²) in [7, 11) is 3.23. The average molecular weight is 354 g/mol. The number of nitrogens with one attached hydrogen (secondary N) is 1. The molecule has 2 aromatic rings. The van der Waals surface area contributed by atoms with Crippen LogP contribution in [-0.4, -0.2) is 25.2 Å². The molecule has 0 spiro atoms. The predicted octanol–water partition coefficient (Wildman–Crippen LogP) is 3.27. The smallest absolute Gasteiger partial charge is 0.281 e. The Morgan fingerprint density at radius 3 is 2.40 bits per heavy atom. The number of carbonyl (C=O) groups is 1. The van der Waals surface area contributed by atoms with E-state index in [1.54, 1.807) is 44.6 Å². The zero-order valence-electron chi connectivity index (χ0n) is 14.2. The van der Waals surface area contributed by atoms with Gasteiger partial charge in [0.1, 0.15) is 17.2 Å². The Bertz CT molecular complexity index is 859. The van der Waals surface area contributed by atoms with Crippen molar-refractivity contribution >= 4 is 35.0 Å². The maximum atomic E-state index is 12.7. The van der Waals surface area contributed by atoms with Crippen LogP contribution in [0, 0.1) is 6.92 Å². The van der Waals surface area contributed by atoms with Gasteiger partial charge >= 0.3 is 0 Å². The van der Waals surface area contributed by atoms with E-state index < -0.39 is 0 Å². The van der Waals surface area contributed by atoms with E-state index >= 15 is 0 Å². The lowest BCUT2D eigenvalue weighted by atomic mass is 10.1. The fourth-order valence-electron chi connectivity index (χ4n) is 2.66. The number of hydrogen-bond donors (Lipinski definition) is 1. The summed E-state index contributed by atoms with van der Waals surface area (Å²) in [5.41, 5.74) is 3.02. The second-order valence-electron chi connectivity index (χ2n) is 5.56. The first kappa shape index (κ1) is 17.0. The van der Waals surface area contributed by atoms with Crippen LogP contribution in [0.1, 0.15) is 11.1 Å². The maximum Gasteiger partial charge on any atom is 0.281 e. The number of carbonyl (C=O) groups excluding carboxylic acids is 1. The molecule has 1 fully saturated rings.